The quantitative estimate of drug-likeness (QED) is 0.422. The van der Waals surface area contributed by atoms with Crippen molar-refractivity contribution < 1.29 is 4.79 Å². The number of fused-ring (bicyclic) bond motifs is 1. The van der Waals surface area contributed by atoms with Gasteiger partial charge < -0.3 is 15.2 Å². The van der Waals surface area contributed by atoms with Gasteiger partial charge in [-0.1, -0.05) is 51.8 Å². The molecular formula is C25H27BrClN3O. The average molecular weight is 501 g/mol. The van der Waals surface area contributed by atoms with E-state index >= 15 is 0 Å². The summed E-state index contributed by atoms with van der Waals surface area (Å²) in [4.78, 5) is 18.9. The summed E-state index contributed by atoms with van der Waals surface area (Å²) in [5.41, 5.74) is 3.46. The van der Waals surface area contributed by atoms with Gasteiger partial charge in [0, 0.05) is 26.9 Å². The fraction of sp³-hybridized carbons (Fsp3) is 0.320. The van der Waals surface area contributed by atoms with E-state index in [1.165, 1.54) is 12.8 Å². The minimum atomic E-state index is -0.0303. The number of H-pyrrole nitrogens is 1. The van der Waals surface area contributed by atoms with Gasteiger partial charge in [-0.15, -0.1) is 0 Å². The van der Waals surface area contributed by atoms with Gasteiger partial charge in [0.05, 0.1) is 11.3 Å². The molecule has 1 aliphatic heterocycles. The van der Waals surface area contributed by atoms with Crippen molar-refractivity contribution in [3.8, 4) is 0 Å². The second kappa shape index (κ2) is 10.0. The van der Waals surface area contributed by atoms with E-state index in [0.29, 0.717) is 23.0 Å². The van der Waals surface area contributed by atoms with Crippen LogP contribution in [-0.2, 0) is 0 Å². The summed E-state index contributed by atoms with van der Waals surface area (Å²) in [5.74, 6) is 0.664. The first kappa shape index (κ1) is 22.1. The number of likely N-dealkylation sites (tertiary alicyclic amines) is 1. The number of aromatic nitrogens is 1. The standard InChI is InChI=1S/C25H27BrClN3O/c1-30-14-11-18(12-15-30)10-13-28-25(31)24-21-8-5-19(26)16-23(21)29-22(24)9-4-17-2-6-20(27)7-3-17/h2-9,16,18,29H,10-15H2,1H3,(H,28,31)/b9-4+. The number of carbonyl (C=O) groups is 1. The Morgan fingerprint density at radius 1 is 1.19 bits per heavy atom. The molecular weight excluding hydrogens is 474 g/mol. The molecule has 1 aliphatic rings. The second-order valence-electron chi connectivity index (χ2n) is 8.28. The number of rotatable bonds is 6. The third-order valence-electron chi connectivity index (χ3n) is 6.01. The summed E-state index contributed by atoms with van der Waals surface area (Å²) in [6.07, 6.45) is 7.41. The zero-order valence-corrected chi connectivity index (χ0v) is 20.0. The number of carbonyl (C=O) groups excluding carboxylic acids is 1. The maximum absolute atomic E-state index is 13.2. The lowest BCUT2D eigenvalue weighted by molar-refractivity contribution is 0.0950. The smallest absolute Gasteiger partial charge is 0.254 e. The number of aromatic amines is 1. The van der Waals surface area contributed by atoms with E-state index in [-0.39, 0.29) is 5.91 Å². The monoisotopic (exact) mass is 499 g/mol. The Bertz CT molecular complexity index is 1080. The third-order valence-corrected chi connectivity index (χ3v) is 6.75. The van der Waals surface area contributed by atoms with Crippen molar-refractivity contribution >= 4 is 56.5 Å². The zero-order valence-electron chi connectivity index (χ0n) is 17.6. The van der Waals surface area contributed by atoms with Crippen LogP contribution in [-0.4, -0.2) is 42.5 Å². The lowest BCUT2D eigenvalue weighted by Crippen LogP contribution is -2.32. The van der Waals surface area contributed by atoms with E-state index in [4.69, 9.17) is 11.6 Å². The van der Waals surface area contributed by atoms with Crippen LogP contribution in [0.5, 0.6) is 0 Å². The van der Waals surface area contributed by atoms with E-state index < -0.39 is 0 Å². The average Bonchev–Trinajstić information content (AvgIpc) is 3.12. The van der Waals surface area contributed by atoms with Gasteiger partial charge in [0.2, 0.25) is 0 Å². The van der Waals surface area contributed by atoms with Gasteiger partial charge >= 0.3 is 0 Å². The van der Waals surface area contributed by atoms with Gasteiger partial charge in [-0.3, -0.25) is 4.79 Å². The highest BCUT2D eigenvalue weighted by atomic mass is 79.9. The number of hydrogen-bond donors (Lipinski definition) is 2. The van der Waals surface area contributed by atoms with E-state index in [1.54, 1.807) is 0 Å². The van der Waals surface area contributed by atoms with Crippen LogP contribution in [0, 0.1) is 5.92 Å². The first-order chi connectivity index (χ1) is 15.0. The molecule has 2 N–H and O–H groups in total. The Kier molecular flexibility index (Phi) is 7.16. The molecule has 0 unspecified atom stereocenters. The molecule has 0 radical (unpaired) electrons. The highest BCUT2D eigenvalue weighted by Crippen LogP contribution is 2.27. The zero-order chi connectivity index (χ0) is 21.8. The predicted molar refractivity (Wildman–Crippen MR) is 134 cm³/mol. The normalized spacial score (nSPS) is 15.7. The van der Waals surface area contributed by atoms with Crippen LogP contribution in [0.25, 0.3) is 23.1 Å². The molecule has 1 fully saturated rings. The van der Waals surface area contributed by atoms with Gasteiger partial charge in [0.1, 0.15) is 0 Å². The maximum atomic E-state index is 13.2. The minimum absolute atomic E-state index is 0.0303. The lowest BCUT2D eigenvalue weighted by atomic mass is 9.94. The Morgan fingerprint density at radius 3 is 2.68 bits per heavy atom. The van der Waals surface area contributed by atoms with Crippen LogP contribution in [0.2, 0.25) is 5.02 Å². The van der Waals surface area contributed by atoms with Crippen LogP contribution < -0.4 is 5.32 Å². The molecule has 31 heavy (non-hydrogen) atoms. The SMILES string of the molecule is CN1CCC(CCNC(=O)c2c(/C=C/c3ccc(Cl)cc3)[nH]c3cc(Br)ccc23)CC1. The molecule has 1 saturated heterocycles. The lowest BCUT2D eigenvalue weighted by Gasteiger charge is -2.28. The molecule has 0 saturated carbocycles. The molecule has 1 aromatic heterocycles. The van der Waals surface area contributed by atoms with Crippen LogP contribution in [0.3, 0.4) is 0 Å². The van der Waals surface area contributed by atoms with Crippen LogP contribution in [0.1, 0.15) is 40.9 Å². The number of nitrogens with one attached hydrogen (secondary N) is 2. The fourth-order valence-electron chi connectivity index (χ4n) is 4.14. The minimum Gasteiger partial charge on any atom is -0.354 e. The van der Waals surface area contributed by atoms with E-state index in [9.17, 15) is 4.79 Å². The largest absolute Gasteiger partial charge is 0.354 e. The second-order valence-corrected chi connectivity index (χ2v) is 9.63. The maximum Gasteiger partial charge on any atom is 0.254 e. The molecule has 1 amide bonds. The molecule has 0 bridgehead atoms. The van der Waals surface area contributed by atoms with E-state index in [0.717, 1.165) is 46.1 Å². The first-order valence-corrected chi connectivity index (χ1v) is 11.9. The molecule has 6 heteroatoms. The topological polar surface area (TPSA) is 48.1 Å². The summed E-state index contributed by atoms with van der Waals surface area (Å²) in [7, 11) is 2.17. The van der Waals surface area contributed by atoms with Crippen molar-refractivity contribution in [1.82, 2.24) is 15.2 Å². The molecule has 3 aromatic rings. The first-order valence-electron chi connectivity index (χ1n) is 10.7. The number of amides is 1. The van der Waals surface area contributed by atoms with Crippen molar-refractivity contribution in [3.05, 3.63) is 68.8 Å². The van der Waals surface area contributed by atoms with Crippen molar-refractivity contribution in [2.75, 3.05) is 26.7 Å². The summed E-state index contributed by atoms with van der Waals surface area (Å²) >= 11 is 9.51. The molecule has 0 atom stereocenters. The summed E-state index contributed by atoms with van der Waals surface area (Å²) in [6.45, 7) is 3.00. The Labute approximate surface area is 196 Å². The van der Waals surface area contributed by atoms with Gasteiger partial charge in [0.25, 0.3) is 5.91 Å². The van der Waals surface area contributed by atoms with E-state index in [1.807, 2.05) is 54.6 Å². The van der Waals surface area contributed by atoms with Crippen LogP contribution >= 0.6 is 27.5 Å². The number of halogens is 2. The van der Waals surface area contributed by atoms with Crippen LogP contribution in [0.15, 0.2) is 46.9 Å². The number of hydrogen-bond acceptors (Lipinski definition) is 2. The molecule has 2 heterocycles. The Hall–Kier alpha value is -2.08. The summed E-state index contributed by atoms with van der Waals surface area (Å²) in [5, 5.41) is 4.79. The van der Waals surface area contributed by atoms with Gasteiger partial charge in [-0.25, -0.2) is 0 Å². The molecule has 162 valence electrons. The summed E-state index contributed by atoms with van der Waals surface area (Å²) < 4.78 is 0.976. The van der Waals surface area contributed by atoms with Crippen molar-refractivity contribution in [2.45, 2.75) is 19.3 Å². The van der Waals surface area contributed by atoms with Crippen LogP contribution in [0.4, 0.5) is 0 Å². The number of piperidine rings is 1. The molecule has 4 nitrogen and oxygen atoms in total. The van der Waals surface area contributed by atoms with Gasteiger partial charge in [0.15, 0.2) is 0 Å². The molecule has 0 aliphatic carbocycles. The number of nitrogens with zero attached hydrogens (tertiary/aromatic N) is 1. The molecule has 4 rings (SSSR count). The van der Waals surface area contributed by atoms with Gasteiger partial charge in [-0.05, 0) is 81.2 Å². The molecule has 0 spiro atoms. The predicted octanol–water partition coefficient (Wildman–Crippen LogP) is 6.22. The highest BCUT2D eigenvalue weighted by Gasteiger charge is 2.19. The highest BCUT2D eigenvalue weighted by molar-refractivity contribution is 9.10. The summed E-state index contributed by atoms with van der Waals surface area (Å²) in [6, 6.07) is 13.6. The fourth-order valence-corrected chi connectivity index (χ4v) is 4.63. The Morgan fingerprint density at radius 2 is 1.94 bits per heavy atom. The van der Waals surface area contributed by atoms with Crippen molar-refractivity contribution in [2.24, 2.45) is 5.92 Å². The van der Waals surface area contributed by atoms with Crippen molar-refractivity contribution in [3.63, 3.8) is 0 Å². The van der Waals surface area contributed by atoms with Crippen molar-refractivity contribution in [1.29, 1.82) is 0 Å². The number of benzene rings is 2. The third kappa shape index (κ3) is 5.59. The van der Waals surface area contributed by atoms with Gasteiger partial charge in [-0.2, -0.15) is 0 Å². The Balaban J connectivity index is 1.52. The van der Waals surface area contributed by atoms with E-state index in [2.05, 4.69) is 38.2 Å². The molecule has 2 aromatic carbocycles.